The number of phenolic OH excluding ortho intramolecular Hbond substituents is 1. The zero-order valence-electron chi connectivity index (χ0n) is 32.9. The van der Waals surface area contributed by atoms with Gasteiger partial charge in [0.25, 0.3) is 12.4 Å². The van der Waals surface area contributed by atoms with E-state index >= 15 is 0 Å². The molecule has 1 saturated carbocycles. The number of likely N-dealkylation sites (N-methyl/N-ethyl adjacent to an activating group) is 1. The third-order valence-corrected chi connectivity index (χ3v) is 9.31. The number of aromatic nitrogens is 3. The average Bonchev–Trinajstić information content (AvgIpc) is 3.70. The number of aryl methyl sites for hydroxylation is 1. The van der Waals surface area contributed by atoms with Gasteiger partial charge in [0.15, 0.2) is 6.10 Å². The van der Waals surface area contributed by atoms with Crippen LogP contribution in [0.2, 0.25) is 0 Å². The number of aromatic hydroxyl groups is 1. The molecule has 4 unspecified atom stereocenters. The van der Waals surface area contributed by atoms with Crippen LogP contribution in [0.25, 0.3) is 0 Å². The van der Waals surface area contributed by atoms with Gasteiger partial charge in [0, 0.05) is 49.8 Å². The molecule has 0 radical (unpaired) electrons. The number of nitrogens with one attached hydrogen (secondary N) is 3. The molecule has 316 valence electrons. The highest BCUT2D eigenvalue weighted by Crippen LogP contribution is 2.31. The number of carboxylic acid groups (broad SMARTS) is 2. The summed E-state index contributed by atoms with van der Waals surface area (Å²) in [5.41, 5.74) is 3.31. The Kier molecular flexibility index (Phi) is 24.3. The van der Waals surface area contributed by atoms with Crippen molar-refractivity contribution >= 4 is 24.6 Å². The van der Waals surface area contributed by atoms with E-state index in [4.69, 9.17) is 29.6 Å². The molecule has 2 fully saturated rings. The molecular formula is C40H60N6O11. The molecule has 0 spiro atoms. The zero-order chi connectivity index (χ0) is 41.8. The lowest BCUT2D eigenvalue weighted by atomic mass is 9.87. The Morgan fingerprint density at radius 3 is 2.40 bits per heavy atom. The summed E-state index contributed by atoms with van der Waals surface area (Å²) in [6, 6.07) is 14.7. The number of aliphatic hydroxyl groups is 2. The highest BCUT2D eigenvalue weighted by atomic mass is 16.5. The van der Waals surface area contributed by atoms with Gasteiger partial charge >= 0.3 is 5.97 Å². The van der Waals surface area contributed by atoms with E-state index in [1.54, 1.807) is 24.7 Å². The van der Waals surface area contributed by atoms with E-state index in [1.165, 1.54) is 49.8 Å². The summed E-state index contributed by atoms with van der Waals surface area (Å²) in [7, 11) is 1.77. The summed E-state index contributed by atoms with van der Waals surface area (Å²) in [6.45, 7) is 4.63. The van der Waals surface area contributed by atoms with Crippen molar-refractivity contribution in [2.24, 2.45) is 0 Å². The number of carbonyl (C=O) groups excluding carboxylic acids is 2. The second-order valence-corrected chi connectivity index (χ2v) is 13.5. The van der Waals surface area contributed by atoms with Crippen LogP contribution in [0.15, 0.2) is 54.7 Å². The van der Waals surface area contributed by atoms with Crippen LogP contribution in [0.1, 0.15) is 84.5 Å². The quantitative estimate of drug-likeness (QED) is 0.0721. The summed E-state index contributed by atoms with van der Waals surface area (Å²) in [4.78, 5) is 41.9. The average molecular weight is 801 g/mol. The molecule has 5 rings (SSSR count). The topological polar surface area (TPSA) is 255 Å². The number of benzene rings is 2. The minimum atomic E-state index is -1.00. The van der Waals surface area contributed by atoms with Crippen molar-refractivity contribution in [1.29, 1.82) is 0 Å². The third-order valence-electron chi connectivity index (χ3n) is 9.31. The lowest BCUT2D eigenvalue weighted by Gasteiger charge is -2.35. The van der Waals surface area contributed by atoms with Gasteiger partial charge in [-0.3, -0.25) is 9.59 Å². The third kappa shape index (κ3) is 19.3. The van der Waals surface area contributed by atoms with Crippen LogP contribution in [0.5, 0.6) is 5.75 Å². The number of carboxylic acids is 1. The number of rotatable bonds is 17. The molecule has 17 nitrogen and oxygen atoms in total. The molecule has 57 heavy (non-hydrogen) atoms. The molecule has 1 aliphatic carbocycles. The van der Waals surface area contributed by atoms with Crippen molar-refractivity contribution in [1.82, 2.24) is 30.9 Å². The first-order valence-corrected chi connectivity index (χ1v) is 19.2. The van der Waals surface area contributed by atoms with Gasteiger partial charge in [-0.15, -0.1) is 5.10 Å². The van der Waals surface area contributed by atoms with Crippen molar-refractivity contribution in [3.05, 3.63) is 77.1 Å². The molecule has 1 amide bonds. The predicted molar refractivity (Wildman–Crippen MR) is 211 cm³/mol. The number of aliphatic carboxylic acids is 1. The highest BCUT2D eigenvalue weighted by molar-refractivity contribution is 5.94. The molecule has 1 saturated heterocycles. The van der Waals surface area contributed by atoms with Gasteiger partial charge < -0.3 is 55.8 Å². The number of ether oxygens (including phenoxy) is 2. The van der Waals surface area contributed by atoms with Crippen LogP contribution in [0.4, 0.5) is 0 Å². The fourth-order valence-electron chi connectivity index (χ4n) is 6.29. The minimum Gasteiger partial charge on any atom is -0.508 e. The highest BCUT2D eigenvalue weighted by Gasteiger charge is 2.35. The SMILES string of the molecule is CNC1CCC(C(=O)O)OC1CC(O)CNC(=O)c1ccc(O)c(C)c1.O=CCn1cc(C2CCCCC2)nn1.O=CO.OCCOCCNCc1ccccc1. The van der Waals surface area contributed by atoms with Crippen LogP contribution in [0.3, 0.4) is 0 Å². The van der Waals surface area contributed by atoms with Gasteiger partial charge in [-0.25, -0.2) is 9.48 Å². The number of aldehydes is 1. The zero-order valence-corrected chi connectivity index (χ0v) is 32.9. The fraction of sp³-hybridized carbons (Fsp3) is 0.550. The first kappa shape index (κ1) is 48.4. The van der Waals surface area contributed by atoms with Crippen molar-refractivity contribution in [2.45, 2.75) is 102 Å². The lowest BCUT2D eigenvalue weighted by molar-refractivity contribution is -0.163. The Bertz CT molecular complexity index is 1570. The van der Waals surface area contributed by atoms with E-state index in [-0.39, 0.29) is 43.7 Å². The predicted octanol–water partition coefficient (Wildman–Crippen LogP) is 2.41. The van der Waals surface area contributed by atoms with E-state index in [0.29, 0.717) is 49.6 Å². The Hall–Kier alpha value is -4.78. The molecule has 2 heterocycles. The van der Waals surface area contributed by atoms with Crippen molar-refractivity contribution in [2.75, 3.05) is 40.0 Å². The van der Waals surface area contributed by atoms with Gasteiger partial charge in [-0.2, -0.15) is 0 Å². The van der Waals surface area contributed by atoms with Gasteiger partial charge in [0.05, 0.1) is 44.3 Å². The second kappa shape index (κ2) is 28.6. The van der Waals surface area contributed by atoms with E-state index in [9.17, 15) is 24.6 Å². The van der Waals surface area contributed by atoms with E-state index in [0.717, 1.165) is 25.1 Å². The Balaban J connectivity index is 0.000000306. The lowest BCUT2D eigenvalue weighted by Crippen LogP contribution is -2.50. The van der Waals surface area contributed by atoms with Crippen LogP contribution in [-0.4, -0.2) is 129 Å². The Morgan fingerprint density at radius 2 is 1.77 bits per heavy atom. The summed E-state index contributed by atoms with van der Waals surface area (Å²) >= 11 is 0. The summed E-state index contributed by atoms with van der Waals surface area (Å²) < 4.78 is 12.3. The summed E-state index contributed by atoms with van der Waals surface area (Å²) in [5.74, 6) is -0.674. The van der Waals surface area contributed by atoms with E-state index in [1.807, 2.05) is 24.4 Å². The standard InChI is InChI=1S/C18H26N2O6.C11H17NO2.C10H15N3O.CH2O2/c1-10-7-11(3-5-14(10)22)17(23)20-9-12(21)8-16-13(19-2)4-6-15(26-16)18(24)25;13-7-9-14-8-6-12-10-11-4-2-1-3-5-11;14-7-6-13-8-10(11-12-13)9-4-2-1-3-5-9;2-1-3/h3,5,7,12-13,15-16,19,21-22H,4,6,8-9H2,1-2H3,(H,20,23)(H,24,25);1-5,12-13H,6-10H2;7-9H,1-6H2;1H,(H,2,3). The van der Waals surface area contributed by atoms with E-state index < -0.39 is 24.3 Å². The van der Waals surface area contributed by atoms with E-state index in [2.05, 4.69) is 38.4 Å². The largest absolute Gasteiger partial charge is 0.508 e. The number of amides is 1. The first-order chi connectivity index (χ1) is 27.6. The van der Waals surface area contributed by atoms with Gasteiger partial charge in [0.2, 0.25) is 0 Å². The van der Waals surface area contributed by atoms with Crippen molar-refractivity contribution in [3.63, 3.8) is 0 Å². The number of hydrogen-bond donors (Lipinski definition) is 8. The molecule has 3 aromatic rings. The molecule has 2 aromatic carbocycles. The summed E-state index contributed by atoms with van der Waals surface area (Å²) in [6.07, 6.45) is 8.23. The maximum Gasteiger partial charge on any atom is 0.332 e. The molecule has 4 atom stereocenters. The molecular weight excluding hydrogens is 740 g/mol. The van der Waals surface area contributed by atoms with Gasteiger partial charge in [-0.1, -0.05) is 54.8 Å². The van der Waals surface area contributed by atoms with Gasteiger partial charge in [-0.05, 0) is 69.0 Å². The van der Waals surface area contributed by atoms with Crippen LogP contribution >= 0.6 is 0 Å². The van der Waals surface area contributed by atoms with Crippen molar-refractivity contribution < 1.29 is 54.2 Å². The summed E-state index contributed by atoms with van der Waals surface area (Å²) in [5, 5.41) is 61.2. The number of carbonyl (C=O) groups is 4. The molecule has 8 N–H and O–H groups in total. The number of phenols is 1. The molecule has 2 aliphatic rings. The first-order valence-electron chi connectivity index (χ1n) is 19.2. The number of aliphatic hydroxyl groups excluding tert-OH is 2. The Labute approximate surface area is 333 Å². The van der Waals surface area contributed by atoms with Crippen LogP contribution in [0, 0.1) is 6.92 Å². The second-order valence-electron chi connectivity index (χ2n) is 13.5. The maximum absolute atomic E-state index is 12.1. The molecule has 1 aromatic heterocycles. The van der Waals surface area contributed by atoms with Crippen LogP contribution in [-0.2, 0) is 36.9 Å². The van der Waals surface area contributed by atoms with Crippen LogP contribution < -0.4 is 16.0 Å². The monoisotopic (exact) mass is 800 g/mol. The Morgan fingerprint density at radius 1 is 1.05 bits per heavy atom. The molecule has 1 aliphatic heterocycles. The van der Waals surface area contributed by atoms with Crippen molar-refractivity contribution in [3.8, 4) is 5.75 Å². The fourth-order valence-corrected chi connectivity index (χ4v) is 6.29. The van der Waals surface area contributed by atoms with Gasteiger partial charge in [0.1, 0.15) is 12.0 Å². The number of hydrogen-bond acceptors (Lipinski definition) is 13. The normalized spacial score (nSPS) is 18.2. The smallest absolute Gasteiger partial charge is 0.332 e. The maximum atomic E-state index is 12.1. The molecule has 0 bridgehead atoms. The minimum absolute atomic E-state index is 0.0206. The number of nitrogens with zero attached hydrogens (tertiary/aromatic N) is 3. The molecule has 17 heteroatoms.